The highest BCUT2D eigenvalue weighted by molar-refractivity contribution is 5.78. The van der Waals surface area contributed by atoms with Crippen molar-refractivity contribution in [3.8, 4) is 0 Å². The van der Waals surface area contributed by atoms with Gasteiger partial charge in [0.2, 0.25) is 5.91 Å². The molecule has 0 spiro atoms. The van der Waals surface area contributed by atoms with Crippen molar-refractivity contribution < 1.29 is 4.79 Å². The first kappa shape index (κ1) is 9.51. The zero-order chi connectivity index (χ0) is 9.68. The molecule has 1 heterocycles. The maximum Gasteiger partial charge on any atom is 0.240 e. The van der Waals surface area contributed by atoms with E-state index in [0.29, 0.717) is 5.82 Å². The maximum absolute atomic E-state index is 11.1. The average molecular weight is 179 g/mol. The first-order chi connectivity index (χ1) is 6.20. The van der Waals surface area contributed by atoms with Crippen molar-refractivity contribution in [2.45, 2.75) is 13.8 Å². The summed E-state index contributed by atoms with van der Waals surface area (Å²) in [5.74, 6) is 0.554. The summed E-state index contributed by atoms with van der Waals surface area (Å²) >= 11 is 0. The van der Waals surface area contributed by atoms with E-state index in [1.54, 1.807) is 12.3 Å². The van der Waals surface area contributed by atoms with Crippen LogP contribution in [0.1, 0.15) is 13.8 Å². The third-order valence-electron chi connectivity index (χ3n) is 1.50. The van der Waals surface area contributed by atoms with E-state index in [1.165, 1.54) is 0 Å². The van der Waals surface area contributed by atoms with E-state index in [0.717, 1.165) is 0 Å². The zero-order valence-electron chi connectivity index (χ0n) is 7.74. The summed E-state index contributed by atoms with van der Waals surface area (Å²) in [6.07, 6.45) is 1.66. The minimum atomic E-state index is -0.0503. The van der Waals surface area contributed by atoms with Crippen LogP contribution < -0.4 is 10.9 Å². The van der Waals surface area contributed by atoms with E-state index in [-0.39, 0.29) is 11.8 Å². The molecule has 0 bridgehead atoms. The van der Waals surface area contributed by atoms with Gasteiger partial charge in [0.05, 0.1) is 0 Å². The summed E-state index contributed by atoms with van der Waals surface area (Å²) in [6.45, 7) is 3.66. The van der Waals surface area contributed by atoms with Gasteiger partial charge in [0, 0.05) is 12.1 Å². The SMILES string of the molecule is CC(C)C(=O)NNc1ccccn1. The summed E-state index contributed by atoms with van der Waals surface area (Å²) in [7, 11) is 0. The van der Waals surface area contributed by atoms with Crippen LogP contribution in [-0.4, -0.2) is 10.9 Å². The number of hydrogen-bond acceptors (Lipinski definition) is 3. The number of rotatable bonds is 3. The van der Waals surface area contributed by atoms with Gasteiger partial charge < -0.3 is 0 Å². The summed E-state index contributed by atoms with van der Waals surface area (Å²) < 4.78 is 0. The van der Waals surface area contributed by atoms with Crippen LogP contribution in [0.5, 0.6) is 0 Å². The van der Waals surface area contributed by atoms with Crippen LogP contribution in [0.25, 0.3) is 0 Å². The van der Waals surface area contributed by atoms with Gasteiger partial charge in [-0.2, -0.15) is 0 Å². The number of nitrogens with one attached hydrogen (secondary N) is 2. The van der Waals surface area contributed by atoms with E-state index in [9.17, 15) is 4.79 Å². The van der Waals surface area contributed by atoms with Gasteiger partial charge in [-0.15, -0.1) is 0 Å². The molecule has 1 aromatic heterocycles. The number of hydrogen-bond donors (Lipinski definition) is 2. The van der Waals surface area contributed by atoms with Crippen LogP contribution in [-0.2, 0) is 4.79 Å². The maximum atomic E-state index is 11.1. The van der Waals surface area contributed by atoms with E-state index < -0.39 is 0 Å². The van der Waals surface area contributed by atoms with Crippen molar-refractivity contribution in [2.24, 2.45) is 5.92 Å². The Bertz CT molecular complexity index is 271. The summed E-state index contributed by atoms with van der Waals surface area (Å²) in [5.41, 5.74) is 5.26. The molecule has 0 fully saturated rings. The fourth-order valence-electron chi connectivity index (χ4n) is 0.707. The van der Waals surface area contributed by atoms with Gasteiger partial charge in [0.1, 0.15) is 5.82 Å². The Morgan fingerprint density at radius 1 is 1.46 bits per heavy atom. The Morgan fingerprint density at radius 3 is 2.77 bits per heavy atom. The van der Waals surface area contributed by atoms with Crippen molar-refractivity contribution in [1.82, 2.24) is 10.4 Å². The molecule has 1 rings (SSSR count). The van der Waals surface area contributed by atoms with Gasteiger partial charge in [-0.1, -0.05) is 19.9 Å². The van der Waals surface area contributed by atoms with E-state index >= 15 is 0 Å². The van der Waals surface area contributed by atoms with Crippen LogP contribution in [0.15, 0.2) is 24.4 Å². The third kappa shape index (κ3) is 3.11. The molecular formula is C9H13N3O. The predicted octanol–water partition coefficient (Wildman–Crippen LogP) is 1.18. The molecule has 2 N–H and O–H groups in total. The molecule has 4 heteroatoms. The molecular weight excluding hydrogens is 166 g/mol. The Balaban J connectivity index is 2.40. The molecule has 0 unspecified atom stereocenters. The van der Waals surface area contributed by atoms with Gasteiger partial charge in [-0.05, 0) is 12.1 Å². The molecule has 0 aliphatic rings. The monoisotopic (exact) mass is 179 g/mol. The van der Waals surface area contributed by atoms with Crippen molar-refractivity contribution in [3.63, 3.8) is 0 Å². The molecule has 0 saturated carbocycles. The Hall–Kier alpha value is -1.58. The average Bonchev–Trinajstić information content (AvgIpc) is 2.15. The number of pyridine rings is 1. The topological polar surface area (TPSA) is 54.0 Å². The smallest absolute Gasteiger partial charge is 0.240 e. The number of nitrogens with zero attached hydrogens (tertiary/aromatic N) is 1. The van der Waals surface area contributed by atoms with Crippen LogP contribution in [0.2, 0.25) is 0 Å². The minimum absolute atomic E-state index is 0.0313. The van der Waals surface area contributed by atoms with Crippen molar-refractivity contribution >= 4 is 11.7 Å². The minimum Gasteiger partial charge on any atom is -0.282 e. The highest BCUT2D eigenvalue weighted by Gasteiger charge is 2.04. The molecule has 0 atom stereocenters. The normalized spacial score (nSPS) is 9.77. The van der Waals surface area contributed by atoms with Crippen LogP contribution in [0.4, 0.5) is 5.82 Å². The molecule has 0 aliphatic heterocycles. The third-order valence-corrected chi connectivity index (χ3v) is 1.50. The Morgan fingerprint density at radius 2 is 2.23 bits per heavy atom. The fraction of sp³-hybridized carbons (Fsp3) is 0.333. The van der Waals surface area contributed by atoms with Gasteiger partial charge in [0.15, 0.2) is 0 Å². The van der Waals surface area contributed by atoms with Crippen molar-refractivity contribution in [2.75, 3.05) is 5.43 Å². The summed E-state index contributed by atoms with van der Waals surface area (Å²) in [6, 6.07) is 5.44. The Kier molecular flexibility index (Phi) is 3.25. The highest BCUT2D eigenvalue weighted by atomic mass is 16.2. The van der Waals surface area contributed by atoms with Crippen LogP contribution >= 0.6 is 0 Å². The molecule has 0 radical (unpaired) electrons. The van der Waals surface area contributed by atoms with Crippen molar-refractivity contribution in [3.05, 3.63) is 24.4 Å². The van der Waals surface area contributed by atoms with E-state index in [4.69, 9.17) is 0 Å². The van der Waals surface area contributed by atoms with Gasteiger partial charge >= 0.3 is 0 Å². The molecule has 0 saturated heterocycles. The second-order valence-electron chi connectivity index (χ2n) is 2.98. The summed E-state index contributed by atoms with van der Waals surface area (Å²) in [4.78, 5) is 15.1. The molecule has 70 valence electrons. The van der Waals surface area contributed by atoms with E-state index in [2.05, 4.69) is 15.8 Å². The van der Waals surface area contributed by atoms with Crippen molar-refractivity contribution in [1.29, 1.82) is 0 Å². The molecule has 1 amide bonds. The lowest BCUT2D eigenvalue weighted by atomic mass is 10.2. The standard InChI is InChI=1S/C9H13N3O/c1-7(2)9(13)12-11-8-5-3-4-6-10-8/h3-7H,1-2H3,(H,10,11)(H,12,13). The highest BCUT2D eigenvalue weighted by Crippen LogP contribution is 1.97. The number of carbonyl (C=O) groups is 1. The van der Waals surface area contributed by atoms with Gasteiger partial charge in [-0.3, -0.25) is 15.6 Å². The second-order valence-corrected chi connectivity index (χ2v) is 2.98. The lowest BCUT2D eigenvalue weighted by molar-refractivity contribution is -0.123. The number of anilines is 1. The largest absolute Gasteiger partial charge is 0.282 e. The quantitative estimate of drug-likeness (QED) is 0.685. The molecule has 4 nitrogen and oxygen atoms in total. The summed E-state index contributed by atoms with van der Waals surface area (Å²) in [5, 5.41) is 0. The lowest BCUT2D eigenvalue weighted by Crippen LogP contribution is -2.33. The number of hydrazine groups is 1. The fourth-order valence-corrected chi connectivity index (χ4v) is 0.707. The van der Waals surface area contributed by atoms with Crippen LogP contribution in [0, 0.1) is 5.92 Å². The molecule has 13 heavy (non-hydrogen) atoms. The van der Waals surface area contributed by atoms with E-state index in [1.807, 2.05) is 26.0 Å². The Labute approximate surface area is 77.3 Å². The second kappa shape index (κ2) is 4.45. The molecule has 0 aromatic carbocycles. The number of amides is 1. The van der Waals surface area contributed by atoms with Gasteiger partial charge in [-0.25, -0.2) is 4.98 Å². The molecule has 1 aromatic rings. The first-order valence-corrected chi connectivity index (χ1v) is 4.17. The van der Waals surface area contributed by atoms with Crippen LogP contribution in [0.3, 0.4) is 0 Å². The number of carbonyl (C=O) groups excluding carboxylic acids is 1. The van der Waals surface area contributed by atoms with Gasteiger partial charge in [0.25, 0.3) is 0 Å². The zero-order valence-corrected chi connectivity index (χ0v) is 7.74. The molecule has 0 aliphatic carbocycles. The predicted molar refractivity (Wildman–Crippen MR) is 50.8 cm³/mol. The lowest BCUT2D eigenvalue weighted by Gasteiger charge is -2.08. The number of aromatic nitrogens is 1. The first-order valence-electron chi connectivity index (χ1n) is 4.17.